The quantitative estimate of drug-likeness (QED) is 0.481. The van der Waals surface area contributed by atoms with Gasteiger partial charge in [0.1, 0.15) is 6.29 Å². The molecule has 1 nitrogen and oxygen atoms in total. The summed E-state index contributed by atoms with van der Waals surface area (Å²) in [6.45, 7) is 3.66. The number of hydrogen-bond acceptors (Lipinski definition) is 1. The van der Waals surface area contributed by atoms with Gasteiger partial charge in [-0.25, -0.2) is 0 Å². The predicted octanol–water partition coefficient (Wildman–Crippen LogP) is 3.51. The van der Waals surface area contributed by atoms with Gasteiger partial charge < -0.3 is 4.79 Å². The highest BCUT2D eigenvalue weighted by Crippen LogP contribution is 2.34. The topological polar surface area (TPSA) is 17.1 Å². The van der Waals surface area contributed by atoms with Gasteiger partial charge in [0, 0.05) is 6.42 Å². The van der Waals surface area contributed by atoms with E-state index >= 15 is 0 Å². The van der Waals surface area contributed by atoms with Gasteiger partial charge in [0.05, 0.1) is 0 Å². The maximum Gasteiger partial charge on any atom is 0.120 e. The molecule has 0 heterocycles. The van der Waals surface area contributed by atoms with E-state index in [2.05, 4.69) is 12.7 Å². The van der Waals surface area contributed by atoms with Gasteiger partial charge in [-0.3, -0.25) is 0 Å². The van der Waals surface area contributed by atoms with E-state index in [1.807, 2.05) is 12.2 Å². The van der Waals surface area contributed by atoms with Crippen molar-refractivity contribution in [1.82, 2.24) is 0 Å². The smallest absolute Gasteiger partial charge is 0.120 e. The summed E-state index contributed by atoms with van der Waals surface area (Å²) in [6.07, 6.45) is 14.1. The highest BCUT2D eigenvalue weighted by atomic mass is 16.1. The molecule has 1 aliphatic rings. The zero-order valence-corrected chi connectivity index (χ0v) is 8.82. The van der Waals surface area contributed by atoms with Gasteiger partial charge in [0.2, 0.25) is 0 Å². The van der Waals surface area contributed by atoms with E-state index in [9.17, 15) is 4.79 Å². The first kappa shape index (κ1) is 11.2. The normalized spacial score (nSPS) is 27.7. The third kappa shape index (κ3) is 3.49. The van der Waals surface area contributed by atoms with E-state index < -0.39 is 0 Å². The minimum Gasteiger partial charge on any atom is -0.303 e. The Morgan fingerprint density at radius 3 is 2.36 bits per heavy atom. The standard InChI is InChI=1S/C13H20O/c1-2-3-4-7-12-8-5-6-9-13(12)10-11-14/h2-4,11-13H,1,5-10H2/b4-3+. The lowest BCUT2D eigenvalue weighted by molar-refractivity contribution is -0.109. The molecule has 0 bridgehead atoms. The number of aldehydes is 1. The van der Waals surface area contributed by atoms with Crippen LogP contribution in [0.15, 0.2) is 24.8 Å². The lowest BCUT2D eigenvalue weighted by atomic mass is 9.76. The van der Waals surface area contributed by atoms with Crippen molar-refractivity contribution >= 4 is 6.29 Å². The Bertz CT molecular complexity index is 205. The number of carbonyl (C=O) groups excluding carboxylic acids is 1. The van der Waals surface area contributed by atoms with Crippen molar-refractivity contribution in [1.29, 1.82) is 0 Å². The van der Waals surface area contributed by atoms with Crippen molar-refractivity contribution in [3.63, 3.8) is 0 Å². The molecule has 1 fully saturated rings. The highest BCUT2D eigenvalue weighted by molar-refractivity contribution is 5.49. The second kappa shape index (κ2) is 6.58. The minimum absolute atomic E-state index is 0.635. The van der Waals surface area contributed by atoms with E-state index in [4.69, 9.17) is 0 Å². The summed E-state index contributed by atoms with van der Waals surface area (Å²) in [5, 5.41) is 0. The lowest BCUT2D eigenvalue weighted by Crippen LogP contribution is -2.19. The van der Waals surface area contributed by atoms with Gasteiger partial charge in [-0.05, 0) is 31.1 Å². The van der Waals surface area contributed by atoms with Gasteiger partial charge in [-0.2, -0.15) is 0 Å². The molecule has 0 aromatic rings. The number of rotatable bonds is 5. The Hall–Kier alpha value is -0.850. The first-order chi connectivity index (χ1) is 6.88. The molecule has 78 valence electrons. The van der Waals surface area contributed by atoms with E-state index in [-0.39, 0.29) is 0 Å². The summed E-state index contributed by atoms with van der Waals surface area (Å²) in [6, 6.07) is 0. The predicted molar refractivity (Wildman–Crippen MR) is 60.1 cm³/mol. The second-order valence-electron chi connectivity index (χ2n) is 4.11. The summed E-state index contributed by atoms with van der Waals surface area (Å²) < 4.78 is 0. The van der Waals surface area contributed by atoms with Crippen LogP contribution in [0, 0.1) is 11.8 Å². The zero-order valence-electron chi connectivity index (χ0n) is 8.82. The van der Waals surface area contributed by atoms with E-state index in [0.717, 1.165) is 25.0 Å². The number of allylic oxidation sites excluding steroid dienone is 3. The zero-order chi connectivity index (χ0) is 10.2. The molecule has 14 heavy (non-hydrogen) atoms. The summed E-state index contributed by atoms with van der Waals surface area (Å²) in [5.41, 5.74) is 0. The molecule has 2 atom stereocenters. The first-order valence-electron chi connectivity index (χ1n) is 5.59. The summed E-state index contributed by atoms with van der Waals surface area (Å²) in [4.78, 5) is 10.5. The molecule has 2 unspecified atom stereocenters. The van der Waals surface area contributed by atoms with Gasteiger partial charge in [-0.15, -0.1) is 0 Å². The molecule has 1 heteroatoms. The largest absolute Gasteiger partial charge is 0.303 e. The number of hydrogen-bond donors (Lipinski definition) is 0. The van der Waals surface area contributed by atoms with E-state index in [1.54, 1.807) is 0 Å². The van der Waals surface area contributed by atoms with E-state index in [0.29, 0.717) is 5.92 Å². The number of carbonyl (C=O) groups is 1. The fraction of sp³-hybridized carbons (Fsp3) is 0.615. The maximum absolute atomic E-state index is 10.5. The lowest BCUT2D eigenvalue weighted by Gasteiger charge is -2.29. The van der Waals surface area contributed by atoms with Crippen LogP contribution in [0.2, 0.25) is 0 Å². The van der Waals surface area contributed by atoms with Crippen molar-refractivity contribution in [2.75, 3.05) is 0 Å². The van der Waals surface area contributed by atoms with Crippen molar-refractivity contribution < 1.29 is 4.79 Å². The molecule has 1 saturated carbocycles. The van der Waals surface area contributed by atoms with Crippen LogP contribution in [0.4, 0.5) is 0 Å². The van der Waals surface area contributed by atoms with Gasteiger partial charge in [-0.1, -0.05) is 37.6 Å². The van der Waals surface area contributed by atoms with Gasteiger partial charge in [0.15, 0.2) is 0 Å². The van der Waals surface area contributed by atoms with Gasteiger partial charge in [0.25, 0.3) is 0 Å². The molecule has 0 aromatic heterocycles. The fourth-order valence-electron chi connectivity index (χ4n) is 2.38. The van der Waals surface area contributed by atoms with Gasteiger partial charge >= 0.3 is 0 Å². The molecule has 1 aliphatic carbocycles. The van der Waals surface area contributed by atoms with Crippen molar-refractivity contribution in [3.05, 3.63) is 24.8 Å². The molecular weight excluding hydrogens is 172 g/mol. The Labute approximate surface area is 86.9 Å². The molecule has 0 amide bonds. The fourth-order valence-corrected chi connectivity index (χ4v) is 2.38. The molecular formula is C13H20O. The van der Waals surface area contributed by atoms with Crippen LogP contribution in [0.25, 0.3) is 0 Å². The van der Waals surface area contributed by atoms with Crippen LogP contribution >= 0.6 is 0 Å². The Kier molecular flexibility index (Phi) is 5.28. The van der Waals surface area contributed by atoms with Crippen molar-refractivity contribution in [3.8, 4) is 0 Å². The average Bonchev–Trinajstić information content (AvgIpc) is 2.21. The molecule has 0 aromatic carbocycles. The Balaban J connectivity index is 2.40. The van der Waals surface area contributed by atoms with Crippen LogP contribution in [0.3, 0.4) is 0 Å². The molecule has 0 saturated heterocycles. The van der Waals surface area contributed by atoms with Crippen LogP contribution in [0.1, 0.15) is 38.5 Å². The first-order valence-corrected chi connectivity index (χ1v) is 5.59. The molecule has 0 spiro atoms. The van der Waals surface area contributed by atoms with Crippen molar-refractivity contribution in [2.45, 2.75) is 38.5 Å². The summed E-state index contributed by atoms with van der Waals surface area (Å²) in [5.74, 6) is 1.36. The molecule has 1 rings (SSSR count). The third-order valence-corrected chi connectivity index (χ3v) is 3.18. The summed E-state index contributed by atoms with van der Waals surface area (Å²) >= 11 is 0. The van der Waals surface area contributed by atoms with Crippen LogP contribution in [0.5, 0.6) is 0 Å². The second-order valence-corrected chi connectivity index (χ2v) is 4.11. The SMILES string of the molecule is C=C/C=C/CC1CCCCC1CC=O. The third-order valence-electron chi connectivity index (χ3n) is 3.18. The average molecular weight is 192 g/mol. The minimum atomic E-state index is 0.635. The maximum atomic E-state index is 10.5. The molecule has 0 N–H and O–H groups in total. The van der Waals surface area contributed by atoms with Crippen molar-refractivity contribution in [2.24, 2.45) is 11.8 Å². The van der Waals surface area contributed by atoms with Crippen LogP contribution in [-0.4, -0.2) is 6.29 Å². The molecule has 0 radical (unpaired) electrons. The molecule has 0 aliphatic heterocycles. The highest BCUT2D eigenvalue weighted by Gasteiger charge is 2.23. The van der Waals surface area contributed by atoms with Crippen LogP contribution in [-0.2, 0) is 4.79 Å². The monoisotopic (exact) mass is 192 g/mol. The Morgan fingerprint density at radius 2 is 1.79 bits per heavy atom. The van der Waals surface area contributed by atoms with Crippen LogP contribution < -0.4 is 0 Å². The summed E-state index contributed by atoms with van der Waals surface area (Å²) in [7, 11) is 0. The van der Waals surface area contributed by atoms with E-state index in [1.165, 1.54) is 25.7 Å². The Morgan fingerprint density at radius 1 is 1.14 bits per heavy atom.